The lowest BCUT2D eigenvalue weighted by molar-refractivity contribution is -0.139. The Kier molecular flexibility index (Phi) is 4.71. The Labute approximate surface area is 170 Å². The average Bonchev–Trinajstić information content (AvgIpc) is 2.96. The molecule has 0 aliphatic carbocycles. The van der Waals surface area contributed by atoms with Gasteiger partial charge in [-0.15, -0.1) is 0 Å². The Hall–Kier alpha value is -3.83. The zero-order valence-electron chi connectivity index (χ0n) is 15.6. The zero-order chi connectivity index (χ0) is 22.5. The molecular weight excluding hydrogens is 426 g/mol. The van der Waals surface area contributed by atoms with Gasteiger partial charge in [0.15, 0.2) is 5.82 Å². The first-order valence-corrected chi connectivity index (χ1v) is 8.66. The highest BCUT2D eigenvalue weighted by Crippen LogP contribution is 2.33. The molecule has 0 aliphatic heterocycles. The van der Waals surface area contributed by atoms with E-state index in [0.717, 1.165) is 12.1 Å². The monoisotopic (exact) mass is 438 g/mol. The molecule has 4 rings (SSSR count). The fourth-order valence-electron chi connectivity index (χ4n) is 3.06. The van der Waals surface area contributed by atoms with Crippen LogP contribution in [0.5, 0.6) is 0 Å². The molecule has 2 heterocycles. The molecule has 0 unspecified atom stereocenters. The summed E-state index contributed by atoms with van der Waals surface area (Å²) >= 11 is 0. The van der Waals surface area contributed by atoms with Crippen molar-refractivity contribution in [3.63, 3.8) is 0 Å². The van der Waals surface area contributed by atoms with Gasteiger partial charge in [0.05, 0.1) is 11.1 Å². The van der Waals surface area contributed by atoms with Crippen molar-refractivity contribution in [1.29, 1.82) is 0 Å². The number of nitrogens with two attached hydrogens (primary N) is 1. The smallest absolute Gasteiger partial charge is 0.383 e. The van der Waals surface area contributed by atoms with E-state index in [1.54, 1.807) is 0 Å². The normalized spacial score (nSPS) is 11.8. The van der Waals surface area contributed by atoms with Gasteiger partial charge in [0.1, 0.15) is 34.6 Å². The van der Waals surface area contributed by atoms with Crippen LogP contribution in [-0.4, -0.2) is 19.5 Å². The first kappa shape index (κ1) is 20.4. The fraction of sp³-hybridized carbons (Fsp3) is 0.105. The van der Waals surface area contributed by atoms with Gasteiger partial charge in [0, 0.05) is 23.9 Å². The van der Waals surface area contributed by atoms with Gasteiger partial charge in [-0.25, -0.2) is 18.2 Å². The standard InChI is InChI=1S/C19H12F6N6/c1-8-27-17-13(22)4-9(20)5-14(17)31(8)18-29-15(26)7-16(30-18)28-10-2-3-11(12(21)6-10)19(23,24)25/h2-7H,1H3,(H3,26,28,29,30). The molecule has 0 fully saturated rings. The number of nitrogen functional groups attached to an aromatic ring is 1. The van der Waals surface area contributed by atoms with Gasteiger partial charge in [0.25, 0.3) is 0 Å². The van der Waals surface area contributed by atoms with Crippen molar-refractivity contribution in [2.24, 2.45) is 0 Å². The molecule has 4 aromatic rings. The van der Waals surface area contributed by atoms with E-state index in [-0.39, 0.29) is 40.1 Å². The van der Waals surface area contributed by atoms with Crippen molar-refractivity contribution < 1.29 is 26.3 Å². The lowest BCUT2D eigenvalue weighted by Crippen LogP contribution is -2.09. The Balaban J connectivity index is 1.77. The molecule has 160 valence electrons. The number of alkyl halides is 3. The summed E-state index contributed by atoms with van der Waals surface area (Å²) in [6.07, 6.45) is -4.83. The number of benzene rings is 2. The van der Waals surface area contributed by atoms with Gasteiger partial charge < -0.3 is 11.1 Å². The van der Waals surface area contributed by atoms with E-state index < -0.39 is 29.2 Å². The van der Waals surface area contributed by atoms with Gasteiger partial charge in [-0.3, -0.25) is 4.57 Å². The number of hydrogen-bond acceptors (Lipinski definition) is 5. The summed E-state index contributed by atoms with van der Waals surface area (Å²) in [5.74, 6) is -3.09. The number of fused-ring (bicyclic) bond motifs is 1. The van der Waals surface area contributed by atoms with Gasteiger partial charge in [-0.1, -0.05) is 0 Å². The summed E-state index contributed by atoms with van der Waals surface area (Å²) in [6, 6.07) is 5.25. The molecule has 2 aromatic carbocycles. The highest BCUT2D eigenvalue weighted by Gasteiger charge is 2.34. The van der Waals surface area contributed by atoms with Crippen LogP contribution < -0.4 is 11.1 Å². The van der Waals surface area contributed by atoms with Crippen LogP contribution in [-0.2, 0) is 6.18 Å². The van der Waals surface area contributed by atoms with Crippen LogP contribution >= 0.6 is 0 Å². The van der Waals surface area contributed by atoms with Crippen LogP contribution in [0.1, 0.15) is 11.4 Å². The first-order chi connectivity index (χ1) is 14.5. The van der Waals surface area contributed by atoms with Crippen LogP contribution in [0.3, 0.4) is 0 Å². The predicted octanol–water partition coefficient (Wildman–Crippen LogP) is 4.89. The molecule has 0 saturated heterocycles. The van der Waals surface area contributed by atoms with E-state index in [1.807, 2.05) is 0 Å². The maximum Gasteiger partial charge on any atom is 0.419 e. The number of halogens is 6. The topological polar surface area (TPSA) is 81.7 Å². The average molecular weight is 438 g/mol. The van der Waals surface area contributed by atoms with Crippen LogP contribution in [0, 0.1) is 24.4 Å². The lowest BCUT2D eigenvalue weighted by Gasteiger charge is -2.12. The number of aromatic nitrogens is 4. The third-order valence-corrected chi connectivity index (χ3v) is 4.33. The number of hydrogen-bond donors (Lipinski definition) is 2. The number of aryl methyl sites for hydroxylation is 1. The highest BCUT2D eigenvalue weighted by molar-refractivity contribution is 5.78. The summed E-state index contributed by atoms with van der Waals surface area (Å²) in [5, 5.41) is 2.64. The summed E-state index contributed by atoms with van der Waals surface area (Å²) in [5.41, 5.74) is 4.29. The molecule has 12 heteroatoms. The van der Waals surface area contributed by atoms with E-state index in [9.17, 15) is 26.3 Å². The molecule has 0 spiro atoms. The van der Waals surface area contributed by atoms with Gasteiger partial charge >= 0.3 is 6.18 Å². The summed E-state index contributed by atoms with van der Waals surface area (Å²) in [4.78, 5) is 12.2. The Morgan fingerprint density at radius 3 is 2.35 bits per heavy atom. The van der Waals surface area contributed by atoms with Gasteiger partial charge in [-0.2, -0.15) is 23.1 Å². The predicted molar refractivity (Wildman–Crippen MR) is 100 cm³/mol. The van der Waals surface area contributed by atoms with E-state index in [4.69, 9.17) is 5.73 Å². The van der Waals surface area contributed by atoms with Crippen LogP contribution in [0.4, 0.5) is 43.7 Å². The molecule has 0 atom stereocenters. The maximum absolute atomic E-state index is 14.0. The third-order valence-electron chi connectivity index (χ3n) is 4.33. The van der Waals surface area contributed by atoms with Crippen molar-refractivity contribution in [2.75, 3.05) is 11.1 Å². The van der Waals surface area contributed by atoms with Crippen LogP contribution in [0.2, 0.25) is 0 Å². The maximum atomic E-state index is 14.0. The summed E-state index contributed by atoms with van der Waals surface area (Å²) < 4.78 is 81.1. The molecular formula is C19H12F6N6. The van der Waals surface area contributed by atoms with Crippen molar-refractivity contribution in [1.82, 2.24) is 19.5 Å². The Morgan fingerprint density at radius 2 is 1.68 bits per heavy atom. The Bertz CT molecular complexity index is 1310. The number of nitrogens with one attached hydrogen (secondary N) is 1. The quantitative estimate of drug-likeness (QED) is 0.446. The van der Waals surface area contributed by atoms with Crippen molar-refractivity contribution in [2.45, 2.75) is 13.1 Å². The van der Waals surface area contributed by atoms with E-state index in [2.05, 4.69) is 20.3 Å². The largest absolute Gasteiger partial charge is 0.419 e. The minimum absolute atomic E-state index is 0.0137. The second-order valence-electron chi connectivity index (χ2n) is 6.55. The first-order valence-electron chi connectivity index (χ1n) is 8.66. The minimum Gasteiger partial charge on any atom is -0.383 e. The molecule has 0 saturated carbocycles. The van der Waals surface area contributed by atoms with Crippen LogP contribution in [0.25, 0.3) is 17.0 Å². The molecule has 2 aromatic heterocycles. The third kappa shape index (κ3) is 3.83. The molecule has 0 radical (unpaired) electrons. The second kappa shape index (κ2) is 7.15. The highest BCUT2D eigenvalue weighted by atomic mass is 19.4. The van der Waals surface area contributed by atoms with Gasteiger partial charge in [0.2, 0.25) is 5.95 Å². The number of imidazole rings is 1. The molecule has 3 N–H and O–H groups in total. The molecule has 0 amide bonds. The van der Waals surface area contributed by atoms with E-state index in [0.29, 0.717) is 18.2 Å². The molecule has 0 bridgehead atoms. The molecule has 6 nitrogen and oxygen atoms in total. The zero-order valence-corrected chi connectivity index (χ0v) is 15.6. The summed E-state index contributed by atoms with van der Waals surface area (Å²) in [6.45, 7) is 1.52. The fourth-order valence-corrected chi connectivity index (χ4v) is 3.06. The lowest BCUT2D eigenvalue weighted by atomic mass is 10.2. The number of rotatable bonds is 3. The van der Waals surface area contributed by atoms with E-state index >= 15 is 0 Å². The number of nitrogens with zero attached hydrogens (tertiary/aromatic N) is 4. The Morgan fingerprint density at radius 1 is 0.935 bits per heavy atom. The molecule has 31 heavy (non-hydrogen) atoms. The van der Waals surface area contributed by atoms with E-state index in [1.165, 1.54) is 17.6 Å². The molecule has 0 aliphatic rings. The van der Waals surface area contributed by atoms with Crippen molar-refractivity contribution in [3.8, 4) is 5.95 Å². The second-order valence-corrected chi connectivity index (χ2v) is 6.55. The van der Waals surface area contributed by atoms with Crippen molar-refractivity contribution >= 4 is 28.4 Å². The minimum atomic E-state index is -4.83. The van der Waals surface area contributed by atoms with Crippen LogP contribution in [0.15, 0.2) is 36.4 Å². The SMILES string of the molecule is Cc1nc2c(F)cc(F)cc2n1-c1nc(N)cc(Nc2ccc(C(F)(F)F)c(F)c2)n1. The van der Waals surface area contributed by atoms with Crippen molar-refractivity contribution in [3.05, 3.63) is 65.2 Å². The summed E-state index contributed by atoms with van der Waals surface area (Å²) in [7, 11) is 0. The number of anilines is 3. The van der Waals surface area contributed by atoms with Gasteiger partial charge in [-0.05, 0) is 25.1 Å².